The van der Waals surface area contributed by atoms with Crippen molar-refractivity contribution in [2.45, 2.75) is 50.6 Å². The minimum Gasteiger partial charge on any atom is -0.367 e. The highest BCUT2D eigenvalue weighted by atomic mass is 17.0. The first-order valence-corrected chi connectivity index (χ1v) is 7.75. The summed E-state index contributed by atoms with van der Waals surface area (Å²) in [5.41, 5.74) is -2.02. The van der Waals surface area contributed by atoms with Gasteiger partial charge in [-0.15, -0.1) is 5.06 Å². The van der Waals surface area contributed by atoms with E-state index in [0.29, 0.717) is 0 Å². The van der Waals surface area contributed by atoms with Crippen LogP contribution in [0, 0.1) is 0 Å². The third kappa shape index (κ3) is 2.03. The molecule has 0 saturated carbocycles. The molecule has 0 amide bonds. The van der Waals surface area contributed by atoms with Gasteiger partial charge in [-0.3, -0.25) is 0 Å². The Morgan fingerprint density at radius 3 is 1.73 bits per heavy atom. The molecule has 3 saturated heterocycles. The SMILES string of the molecule is CN1OC(=O)OC2(C3(N(C)C)OC(=O)O3)OC(=O)ON2C(C)(C)C1(C)C. The topological polar surface area (TPSA) is 116 Å². The van der Waals surface area contributed by atoms with Crippen molar-refractivity contribution in [2.24, 2.45) is 0 Å². The van der Waals surface area contributed by atoms with Crippen LogP contribution in [0.25, 0.3) is 0 Å². The largest absolute Gasteiger partial charge is 0.532 e. The maximum Gasteiger partial charge on any atom is 0.532 e. The van der Waals surface area contributed by atoms with E-state index < -0.39 is 41.4 Å². The lowest BCUT2D eigenvalue weighted by molar-refractivity contribution is -0.508. The second kappa shape index (κ2) is 5.11. The number of rotatable bonds is 2. The quantitative estimate of drug-likeness (QED) is 0.640. The normalized spacial score (nSPS) is 32.5. The van der Waals surface area contributed by atoms with Crippen LogP contribution in [0.2, 0.25) is 0 Å². The van der Waals surface area contributed by atoms with Crippen molar-refractivity contribution in [1.82, 2.24) is 15.0 Å². The van der Waals surface area contributed by atoms with E-state index in [1.165, 1.54) is 31.1 Å². The summed E-state index contributed by atoms with van der Waals surface area (Å²) >= 11 is 0. The van der Waals surface area contributed by atoms with Crippen LogP contribution in [-0.2, 0) is 28.6 Å². The van der Waals surface area contributed by atoms with Gasteiger partial charge in [-0.05, 0) is 46.9 Å². The number of hydroxylamine groups is 4. The Balaban J connectivity index is 2.22. The highest BCUT2D eigenvalue weighted by Gasteiger charge is 2.83. The molecule has 3 fully saturated rings. The van der Waals surface area contributed by atoms with Crippen molar-refractivity contribution in [3.63, 3.8) is 0 Å². The molecule has 1 unspecified atom stereocenters. The van der Waals surface area contributed by atoms with Gasteiger partial charge >= 0.3 is 30.3 Å². The number of ether oxygens (including phenoxy) is 4. The van der Waals surface area contributed by atoms with E-state index in [-0.39, 0.29) is 0 Å². The van der Waals surface area contributed by atoms with Crippen molar-refractivity contribution in [3.05, 3.63) is 0 Å². The first-order chi connectivity index (χ1) is 11.8. The van der Waals surface area contributed by atoms with E-state index >= 15 is 0 Å². The first-order valence-electron chi connectivity index (χ1n) is 7.75. The summed E-state index contributed by atoms with van der Waals surface area (Å²) in [6.45, 7) is 6.90. The monoisotopic (exact) mass is 375 g/mol. The maximum atomic E-state index is 12.3. The summed E-state index contributed by atoms with van der Waals surface area (Å²) in [5.74, 6) is -4.50. The fourth-order valence-corrected chi connectivity index (χ4v) is 2.93. The molecular formula is C14H21N3O9. The number of hydrogen-bond acceptors (Lipinski definition) is 12. The van der Waals surface area contributed by atoms with Crippen LogP contribution in [0.15, 0.2) is 0 Å². The fraction of sp³-hybridized carbons (Fsp3) is 0.786. The Morgan fingerprint density at radius 2 is 1.27 bits per heavy atom. The lowest BCUT2D eigenvalue weighted by atomic mass is 9.81. The molecule has 3 heterocycles. The van der Waals surface area contributed by atoms with Gasteiger partial charge in [-0.25, -0.2) is 19.3 Å². The van der Waals surface area contributed by atoms with Gasteiger partial charge in [0.1, 0.15) is 0 Å². The molecule has 0 aromatic carbocycles. The predicted molar refractivity (Wildman–Crippen MR) is 79.6 cm³/mol. The number of carbonyl (C=O) groups excluding carboxylic acids is 3. The second-order valence-corrected chi connectivity index (χ2v) is 7.31. The zero-order chi connectivity index (χ0) is 19.7. The van der Waals surface area contributed by atoms with Crippen LogP contribution in [0.3, 0.4) is 0 Å². The van der Waals surface area contributed by atoms with Crippen LogP contribution in [0.1, 0.15) is 27.7 Å². The fourth-order valence-electron chi connectivity index (χ4n) is 2.93. The van der Waals surface area contributed by atoms with Crippen molar-refractivity contribution in [1.29, 1.82) is 0 Å². The molecule has 0 spiro atoms. The zero-order valence-electron chi connectivity index (χ0n) is 15.5. The molecule has 0 radical (unpaired) electrons. The number of hydrogen-bond donors (Lipinski definition) is 0. The van der Waals surface area contributed by atoms with Crippen molar-refractivity contribution in [2.75, 3.05) is 21.1 Å². The minimum atomic E-state index is -2.40. The molecule has 0 bridgehead atoms. The molecule has 3 aliphatic rings. The number of cyclic esters (lactones) is 2. The van der Waals surface area contributed by atoms with Gasteiger partial charge in [0.05, 0.1) is 11.1 Å². The van der Waals surface area contributed by atoms with E-state index in [9.17, 15) is 14.4 Å². The molecule has 26 heavy (non-hydrogen) atoms. The van der Waals surface area contributed by atoms with Gasteiger partial charge < -0.3 is 28.6 Å². The molecular weight excluding hydrogens is 354 g/mol. The van der Waals surface area contributed by atoms with E-state index in [0.717, 1.165) is 5.06 Å². The van der Waals surface area contributed by atoms with Crippen LogP contribution >= 0.6 is 0 Å². The molecule has 1 atom stereocenters. The van der Waals surface area contributed by atoms with E-state index in [2.05, 4.69) is 0 Å². The molecule has 0 aromatic heterocycles. The van der Waals surface area contributed by atoms with E-state index in [1.54, 1.807) is 27.7 Å². The molecule has 3 aliphatic heterocycles. The smallest absolute Gasteiger partial charge is 0.367 e. The van der Waals surface area contributed by atoms with Crippen LogP contribution in [0.4, 0.5) is 14.4 Å². The molecule has 12 nitrogen and oxygen atoms in total. The number of likely N-dealkylation sites (N-methyl/N-ethyl adjacent to an activating group) is 2. The predicted octanol–water partition coefficient (Wildman–Crippen LogP) is 0.977. The summed E-state index contributed by atoms with van der Waals surface area (Å²) in [5, 5.41) is 2.27. The minimum absolute atomic E-state index is 0.924. The van der Waals surface area contributed by atoms with E-state index in [1.807, 2.05) is 0 Å². The van der Waals surface area contributed by atoms with Gasteiger partial charge in [0.25, 0.3) is 0 Å². The standard InChI is InChI=1S/C14H21N3O9/c1-11(2)12(3,4)17-14(24-10(20)26-17,23-9(19)25-16(11)7)13(15(5)6)21-8(18)22-13/h1-7H3. The lowest BCUT2D eigenvalue weighted by Crippen LogP contribution is -2.82. The third-order valence-electron chi connectivity index (χ3n) is 5.31. The van der Waals surface area contributed by atoms with Crippen molar-refractivity contribution in [3.8, 4) is 0 Å². The number of carbonyl (C=O) groups is 3. The molecule has 0 N–H and O–H groups in total. The molecule has 0 aromatic rings. The Bertz CT molecular complexity index is 669. The van der Waals surface area contributed by atoms with Crippen LogP contribution in [0.5, 0.6) is 0 Å². The van der Waals surface area contributed by atoms with E-state index in [4.69, 9.17) is 28.6 Å². The van der Waals surface area contributed by atoms with Gasteiger partial charge in [0.2, 0.25) is 0 Å². The number of fused-ring (bicyclic) bond motifs is 1. The summed E-state index contributed by atoms with van der Waals surface area (Å²) < 4.78 is 20.8. The van der Waals surface area contributed by atoms with Gasteiger partial charge in [-0.1, -0.05) is 0 Å². The van der Waals surface area contributed by atoms with Gasteiger partial charge in [-0.2, -0.15) is 0 Å². The molecule has 0 aliphatic carbocycles. The summed E-state index contributed by atoms with van der Waals surface area (Å²) in [6, 6.07) is 0. The van der Waals surface area contributed by atoms with Gasteiger partial charge in [0.15, 0.2) is 0 Å². The van der Waals surface area contributed by atoms with Crippen LogP contribution < -0.4 is 0 Å². The summed E-state index contributed by atoms with van der Waals surface area (Å²) in [4.78, 5) is 47.5. The Labute approximate surface area is 149 Å². The average molecular weight is 375 g/mol. The molecule has 3 rings (SSSR count). The highest BCUT2D eigenvalue weighted by molar-refractivity contribution is 5.69. The first kappa shape index (κ1) is 18.5. The Hall–Kier alpha value is -2.31. The summed E-state index contributed by atoms with van der Waals surface area (Å²) in [7, 11) is 4.48. The maximum absolute atomic E-state index is 12.3. The van der Waals surface area contributed by atoms with Gasteiger partial charge in [0, 0.05) is 7.05 Å². The average Bonchev–Trinajstić information content (AvgIpc) is 2.79. The number of nitrogens with zero attached hydrogens (tertiary/aromatic N) is 3. The summed E-state index contributed by atoms with van der Waals surface area (Å²) in [6.07, 6.45) is -3.42. The highest BCUT2D eigenvalue weighted by Crippen LogP contribution is 2.52. The van der Waals surface area contributed by atoms with Crippen molar-refractivity contribution >= 4 is 18.5 Å². The second-order valence-electron chi connectivity index (χ2n) is 7.31. The Kier molecular flexibility index (Phi) is 3.63. The zero-order valence-corrected chi connectivity index (χ0v) is 15.5. The van der Waals surface area contributed by atoms with Crippen molar-refractivity contribution < 1.29 is 43.0 Å². The molecule has 12 heteroatoms. The molecule has 146 valence electrons. The lowest BCUT2D eigenvalue weighted by Gasteiger charge is -2.57. The van der Waals surface area contributed by atoms with Crippen LogP contribution in [-0.4, -0.2) is 77.5 Å². The Morgan fingerprint density at radius 1 is 0.769 bits per heavy atom. The third-order valence-corrected chi connectivity index (χ3v) is 5.31.